The number of rotatable bonds is 4. The molecule has 8 heteroatoms. The van der Waals surface area contributed by atoms with Crippen molar-refractivity contribution in [1.82, 2.24) is 14.8 Å². The number of hydrogen-bond acceptors (Lipinski definition) is 4. The summed E-state index contributed by atoms with van der Waals surface area (Å²) in [6.07, 6.45) is 2.69. The predicted octanol–water partition coefficient (Wildman–Crippen LogP) is 1.27. The number of hydrogen-bond donors (Lipinski definition) is 2. The molecule has 0 aliphatic heterocycles. The summed E-state index contributed by atoms with van der Waals surface area (Å²) in [5, 5.41) is 15.4. The third kappa shape index (κ3) is 3.08. The average molecular weight is 281 g/mol. The number of amides is 1. The number of carboxylic acids is 1. The molecule has 0 aliphatic rings. The minimum absolute atomic E-state index is 0.0612. The highest BCUT2D eigenvalue weighted by molar-refractivity contribution is 6.34. The van der Waals surface area contributed by atoms with Crippen LogP contribution in [0.25, 0.3) is 0 Å². The van der Waals surface area contributed by atoms with E-state index in [2.05, 4.69) is 15.4 Å². The van der Waals surface area contributed by atoms with Gasteiger partial charge in [0.15, 0.2) is 0 Å². The molecule has 2 aromatic rings. The number of nitrogens with zero attached hydrogens (tertiary/aromatic N) is 3. The Morgan fingerprint density at radius 1 is 1.42 bits per heavy atom. The fourth-order valence-corrected chi connectivity index (χ4v) is 1.75. The van der Waals surface area contributed by atoms with Crippen LogP contribution in [0.2, 0.25) is 5.02 Å². The fraction of sp³-hybridized carbons (Fsp3) is 0.0909. The summed E-state index contributed by atoms with van der Waals surface area (Å²) in [4.78, 5) is 26.5. The highest BCUT2D eigenvalue weighted by Gasteiger charge is 2.16. The van der Waals surface area contributed by atoms with Crippen molar-refractivity contribution >= 4 is 29.2 Å². The van der Waals surface area contributed by atoms with Crippen LogP contribution in [0.3, 0.4) is 0 Å². The fourth-order valence-electron chi connectivity index (χ4n) is 1.50. The average Bonchev–Trinajstić information content (AvgIpc) is 2.81. The summed E-state index contributed by atoms with van der Waals surface area (Å²) < 4.78 is 1.32. The number of aromatic carboxylic acids is 1. The van der Waals surface area contributed by atoms with Gasteiger partial charge in [0.1, 0.15) is 24.8 Å². The number of carbonyl (C=O) groups excluding carboxylic acids is 1. The third-order valence-corrected chi connectivity index (χ3v) is 2.59. The zero-order chi connectivity index (χ0) is 13.8. The molecule has 0 saturated heterocycles. The number of carboxylic acid groups (broad SMARTS) is 1. The lowest BCUT2D eigenvalue weighted by atomic mass is 10.2. The van der Waals surface area contributed by atoms with E-state index in [0.717, 1.165) is 0 Å². The molecule has 7 nitrogen and oxygen atoms in total. The molecule has 1 aromatic carbocycles. The Hall–Kier alpha value is -2.41. The lowest BCUT2D eigenvalue weighted by Gasteiger charge is -2.09. The van der Waals surface area contributed by atoms with Gasteiger partial charge in [0.2, 0.25) is 5.91 Å². The maximum absolute atomic E-state index is 11.7. The van der Waals surface area contributed by atoms with E-state index in [1.807, 2.05) is 0 Å². The molecular weight excluding hydrogens is 272 g/mol. The molecule has 2 rings (SSSR count). The standard InChI is InChI=1S/C11H9ClN4O3/c12-7-2-1-3-8(10(7)11(18)19)15-9(17)4-16-6-13-5-14-16/h1-3,5-6H,4H2,(H,15,17)(H,18,19). The molecule has 2 N–H and O–H groups in total. The SMILES string of the molecule is O=C(Cn1cncn1)Nc1cccc(Cl)c1C(=O)O. The van der Waals surface area contributed by atoms with Crippen LogP contribution in [0.1, 0.15) is 10.4 Å². The molecule has 19 heavy (non-hydrogen) atoms. The Bertz CT molecular complexity index is 612. The lowest BCUT2D eigenvalue weighted by Crippen LogP contribution is -2.20. The Balaban J connectivity index is 2.17. The molecule has 0 unspecified atom stereocenters. The lowest BCUT2D eigenvalue weighted by molar-refractivity contribution is -0.116. The summed E-state index contributed by atoms with van der Waals surface area (Å²) in [7, 11) is 0. The van der Waals surface area contributed by atoms with Crippen molar-refractivity contribution in [2.24, 2.45) is 0 Å². The van der Waals surface area contributed by atoms with E-state index < -0.39 is 11.9 Å². The van der Waals surface area contributed by atoms with Crippen molar-refractivity contribution in [3.05, 3.63) is 41.4 Å². The van der Waals surface area contributed by atoms with Crippen LogP contribution in [0, 0.1) is 0 Å². The van der Waals surface area contributed by atoms with Crippen LogP contribution in [0.5, 0.6) is 0 Å². The molecule has 0 saturated carbocycles. The number of nitrogens with one attached hydrogen (secondary N) is 1. The highest BCUT2D eigenvalue weighted by Crippen LogP contribution is 2.24. The van der Waals surface area contributed by atoms with Gasteiger partial charge in [-0.3, -0.25) is 4.79 Å². The van der Waals surface area contributed by atoms with Gasteiger partial charge in [-0.1, -0.05) is 17.7 Å². The van der Waals surface area contributed by atoms with Crippen LogP contribution >= 0.6 is 11.6 Å². The van der Waals surface area contributed by atoms with Crippen LogP contribution in [0.4, 0.5) is 5.69 Å². The van der Waals surface area contributed by atoms with Crippen molar-refractivity contribution in [1.29, 1.82) is 0 Å². The normalized spacial score (nSPS) is 10.2. The van der Waals surface area contributed by atoms with Gasteiger partial charge in [-0.2, -0.15) is 5.10 Å². The summed E-state index contributed by atoms with van der Waals surface area (Å²) in [6.45, 7) is -0.0639. The summed E-state index contributed by atoms with van der Waals surface area (Å²) in [6, 6.07) is 4.46. The molecule has 0 atom stereocenters. The monoisotopic (exact) mass is 280 g/mol. The van der Waals surface area contributed by atoms with Crippen molar-refractivity contribution in [2.45, 2.75) is 6.54 Å². The number of anilines is 1. The number of aromatic nitrogens is 3. The van der Waals surface area contributed by atoms with Gasteiger partial charge in [-0.05, 0) is 12.1 Å². The molecule has 1 aromatic heterocycles. The zero-order valence-corrected chi connectivity index (χ0v) is 10.3. The molecular formula is C11H9ClN4O3. The van der Waals surface area contributed by atoms with E-state index in [-0.39, 0.29) is 22.8 Å². The van der Waals surface area contributed by atoms with E-state index in [1.165, 1.54) is 29.5 Å². The van der Waals surface area contributed by atoms with Gasteiger partial charge < -0.3 is 10.4 Å². The minimum Gasteiger partial charge on any atom is -0.478 e. The van der Waals surface area contributed by atoms with Crippen LogP contribution in [0.15, 0.2) is 30.9 Å². The summed E-state index contributed by atoms with van der Waals surface area (Å²) in [5.41, 5.74) is 0.00113. The largest absolute Gasteiger partial charge is 0.478 e. The van der Waals surface area contributed by atoms with Gasteiger partial charge in [0, 0.05) is 0 Å². The first-order chi connectivity index (χ1) is 9.08. The smallest absolute Gasteiger partial charge is 0.339 e. The number of benzene rings is 1. The second-order valence-corrected chi connectivity index (χ2v) is 4.02. The number of halogens is 1. The van der Waals surface area contributed by atoms with E-state index in [1.54, 1.807) is 6.07 Å². The summed E-state index contributed by atoms with van der Waals surface area (Å²) in [5.74, 6) is -1.63. The van der Waals surface area contributed by atoms with Gasteiger partial charge in [-0.15, -0.1) is 0 Å². The Labute approximate surface area is 112 Å². The van der Waals surface area contributed by atoms with Crippen molar-refractivity contribution < 1.29 is 14.7 Å². The van der Waals surface area contributed by atoms with Crippen LogP contribution in [-0.4, -0.2) is 31.7 Å². The first-order valence-electron chi connectivity index (χ1n) is 5.22. The van der Waals surface area contributed by atoms with E-state index >= 15 is 0 Å². The molecule has 1 amide bonds. The Morgan fingerprint density at radius 2 is 2.21 bits per heavy atom. The first kappa shape index (κ1) is 13.0. The Kier molecular flexibility index (Phi) is 3.76. The Morgan fingerprint density at radius 3 is 2.84 bits per heavy atom. The zero-order valence-electron chi connectivity index (χ0n) is 9.58. The predicted molar refractivity (Wildman–Crippen MR) is 67.1 cm³/mol. The maximum Gasteiger partial charge on any atom is 0.339 e. The van der Waals surface area contributed by atoms with Crippen molar-refractivity contribution in [2.75, 3.05) is 5.32 Å². The van der Waals surface area contributed by atoms with Gasteiger partial charge in [0.05, 0.1) is 10.7 Å². The molecule has 0 fully saturated rings. The van der Waals surface area contributed by atoms with E-state index in [0.29, 0.717) is 0 Å². The second-order valence-electron chi connectivity index (χ2n) is 3.61. The maximum atomic E-state index is 11.7. The second kappa shape index (κ2) is 5.49. The number of carbonyl (C=O) groups is 2. The molecule has 0 spiro atoms. The molecule has 98 valence electrons. The summed E-state index contributed by atoms with van der Waals surface area (Å²) >= 11 is 5.79. The topological polar surface area (TPSA) is 97.1 Å². The molecule has 0 aliphatic carbocycles. The quantitative estimate of drug-likeness (QED) is 0.879. The minimum atomic E-state index is -1.21. The van der Waals surface area contributed by atoms with Crippen LogP contribution in [-0.2, 0) is 11.3 Å². The van der Waals surface area contributed by atoms with Crippen LogP contribution < -0.4 is 5.32 Å². The van der Waals surface area contributed by atoms with Crippen molar-refractivity contribution in [3.8, 4) is 0 Å². The molecule has 0 radical (unpaired) electrons. The first-order valence-corrected chi connectivity index (χ1v) is 5.60. The van der Waals surface area contributed by atoms with Crippen molar-refractivity contribution in [3.63, 3.8) is 0 Å². The molecule has 0 bridgehead atoms. The van der Waals surface area contributed by atoms with E-state index in [9.17, 15) is 9.59 Å². The van der Waals surface area contributed by atoms with Gasteiger partial charge in [0.25, 0.3) is 0 Å². The third-order valence-electron chi connectivity index (χ3n) is 2.27. The molecule has 1 heterocycles. The highest BCUT2D eigenvalue weighted by atomic mass is 35.5. The van der Waals surface area contributed by atoms with Gasteiger partial charge >= 0.3 is 5.97 Å². The van der Waals surface area contributed by atoms with E-state index in [4.69, 9.17) is 16.7 Å². The van der Waals surface area contributed by atoms with Gasteiger partial charge in [-0.25, -0.2) is 14.5 Å².